The second kappa shape index (κ2) is 12.4. The van der Waals surface area contributed by atoms with Crippen molar-refractivity contribution in [1.29, 1.82) is 0 Å². The van der Waals surface area contributed by atoms with E-state index in [0.717, 1.165) is 12.1 Å². The van der Waals surface area contributed by atoms with Crippen molar-refractivity contribution < 1.29 is 19.5 Å². The first-order valence-electron chi connectivity index (χ1n) is 13.6. The molecule has 2 aromatic carbocycles. The molecule has 0 radical (unpaired) electrons. The number of hydrogen-bond donors (Lipinski definition) is 2. The number of nitrogens with zero attached hydrogens (tertiary/aromatic N) is 4. The van der Waals surface area contributed by atoms with Crippen molar-refractivity contribution >= 4 is 35.8 Å². The van der Waals surface area contributed by atoms with Crippen molar-refractivity contribution in [3.05, 3.63) is 64.7 Å². The van der Waals surface area contributed by atoms with Gasteiger partial charge in [-0.3, -0.25) is 14.4 Å². The van der Waals surface area contributed by atoms with E-state index in [9.17, 15) is 19.5 Å². The lowest BCUT2D eigenvalue weighted by Gasteiger charge is -2.34. The SMILES string of the molecule is CCN1CCN(C[C@@H](O)[C@@H]2Cc3ccccc3CN2)C(=O)c2ccc(C(=O)N3CCN(C(C)=O)CC3)cc21.Cl. The van der Waals surface area contributed by atoms with Gasteiger partial charge in [-0.2, -0.15) is 0 Å². The Morgan fingerprint density at radius 2 is 1.64 bits per heavy atom. The zero-order chi connectivity index (χ0) is 26.8. The number of benzene rings is 2. The third-order valence-electron chi connectivity index (χ3n) is 8.12. The number of halogens is 1. The first-order chi connectivity index (χ1) is 18.4. The summed E-state index contributed by atoms with van der Waals surface area (Å²) < 4.78 is 0. The van der Waals surface area contributed by atoms with Gasteiger partial charge in [-0.15, -0.1) is 12.4 Å². The smallest absolute Gasteiger partial charge is 0.256 e. The van der Waals surface area contributed by atoms with Crippen LogP contribution in [0.5, 0.6) is 0 Å². The average molecular weight is 556 g/mol. The van der Waals surface area contributed by atoms with Gasteiger partial charge in [-0.1, -0.05) is 24.3 Å². The molecule has 3 amide bonds. The number of carbonyl (C=O) groups is 3. The Labute approximate surface area is 236 Å². The molecule has 0 aromatic heterocycles. The molecule has 1 fully saturated rings. The van der Waals surface area contributed by atoms with Crippen LogP contribution in [-0.4, -0.2) is 102 Å². The van der Waals surface area contributed by atoms with Crippen LogP contribution >= 0.6 is 12.4 Å². The highest BCUT2D eigenvalue weighted by atomic mass is 35.5. The normalized spacial score (nSPS) is 20.0. The molecule has 2 aromatic rings. The van der Waals surface area contributed by atoms with Gasteiger partial charge in [0.05, 0.1) is 17.4 Å². The van der Waals surface area contributed by atoms with Crippen LogP contribution in [0, 0.1) is 0 Å². The Morgan fingerprint density at radius 1 is 0.974 bits per heavy atom. The highest BCUT2D eigenvalue weighted by molar-refractivity contribution is 6.03. The molecule has 9 nitrogen and oxygen atoms in total. The lowest BCUT2D eigenvalue weighted by atomic mass is 9.92. The molecule has 2 atom stereocenters. The standard InChI is InChI=1S/C29H37N5O4.ClH/c1-3-31-10-15-34(19-27(36)25-16-21-6-4-5-7-23(21)18-30-25)29(38)24-9-8-22(17-26(24)31)28(37)33-13-11-32(12-14-33)20(2)35;/h4-9,17,25,27,30,36H,3,10-16,18-19H2,1-2H3;1H/t25-,27+;/m0./s1. The number of fused-ring (bicyclic) bond motifs is 2. The van der Waals surface area contributed by atoms with Crippen molar-refractivity contribution in [2.75, 3.05) is 57.3 Å². The van der Waals surface area contributed by atoms with Crippen molar-refractivity contribution in [2.45, 2.75) is 39.0 Å². The lowest BCUT2D eigenvalue weighted by molar-refractivity contribution is -0.130. The number of nitrogens with one attached hydrogen (secondary N) is 1. The van der Waals surface area contributed by atoms with E-state index in [2.05, 4.69) is 22.3 Å². The Hall–Kier alpha value is -3.14. The van der Waals surface area contributed by atoms with Gasteiger partial charge >= 0.3 is 0 Å². The minimum atomic E-state index is -0.696. The molecule has 5 rings (SSSR count). The van der Waals surface area contributed by atoms with Crippen molar-refractivity contribution in [1.82, 2.24) is 20.0 Å². The summed E-state index contributed by atoms with van der Waals surface area (Å²) in [5.74, 6) is -0.182. The maximum atomic E-state index is 13.6. The number of rotatable bonds is 5. The Bertz CT molecular complexity index is 1220. The molecule has 0 aliphatic carbocycles. The molecule has 2 N–H and O–H groups in total. The van der Waals surface area contributed by atoms with Crippen molar-refractivity contribution in [2.24, 2.45) is 0 Å². The molecule has 10 heteroatoms. The molecular formula is C29H38ClN5O4. The topological polar surface area (TPSA) is 96.4 Å². The van der Waals surface area contributed by atoms with Gasteiger partial charge in [0.15, 0.2) is 0 Å². The quantitative estimate of drug-likeness (QED) is 0.584. The fourth-order valence-corrected chi connectivity index (χ4v) is 5.75. The number of hydrogen-bond acceptors (Lipinski definition) is 6. The zero-order valence-corrected chi connectivity index (χ0v) is 23.5. The molecule has 3 aliphatic rings. The van der Waals surface area contributed by atoms with Crippen LogP contribution in [-0.2, 0) is 17.8 Å². The van der Waals surface area contributed by atoms with Gasteiger partial charge in [-0.25, -0.2) is 0 Å². The number of carbonyl (C=O) groups excluding carboxylic acids is 3. The predicted molar refractivity (Wildman–Crippen MR) is 152 cm³/mol. The fourth-order valence-electron chi connectivity index (χ4n) is 5.75. The second-order valence-electron chi connectivity index (χ2n) is 10.4. The fraction of sp³-hybridized carbons (Fsp3) is 0.483. The molecule has 0 saturated carbocycles. The van der Waals surface area contributed by atoms with E-state index in [1.165, 1.54) is 11.1 Å². The number of aliphatic hydroxyl groups is 1. The molecule has 210 valence electrons. The van der Waals surface area contributed by atoms with Gasteiger partial charge in [0.2, 0.25) is 5.91 Å². The van der Waals surface area contributed by atoms with E-state index in [-0.39, 0.29) is 42.7 Å². The largest absolute Gasteiger partial charge is 0.390 e. The summed E-state index contributed by atoms with van der Waals surface area (Å²) in [4.78, 5) is 45.9. The molecular weight excluding hydrogens is 518 g/mol. The number of amides is 3. The summed E-state index contributed by atoms with van der Waals surface area (Å²) in [7, 11) is 0. The number of anilines is 1. The van der Waals surface area contributed by atoms with Gasteiger partial charge in [0.1, 0.15) is 0 Å². The Morgan fingerprint density at radius 3 is 2.33 bits per heavy atom. The Balaban J connectivity index is 0.00000353. The highest BCUT2D eigenvalue weighted by Gasteiger charge is 2.32. The number of likely N-dealkylation sites (N-methyl/N-ethyl adjacent to an activating group) is 1. The van der Waals surface area contributed by atoms with Crippen LogP contribution in [0.25, 0.3) is 0 Å². The molecule has 1 saturated heterocycles. The summed E-state index contributed by atoms with van der Waals surface area (Å²) in [6.07, 6.45) is 0.0295. The Kier molecular flexibility index (Phi) is 9.15. The minimum absolute atomic E-state index is 0. The summed E-state index contributed by atoms with van der Waals surface area (Å²) in [6, 6.07) is 13.4. The molecule has 0 unspecified atom stereocenters. The van der Waals surface area contributed by atoms with E-state index < -0.39 is 6.10 Å². The molecule has 3 heterocycles. The lowest BCUT2D eigenvalue weighted by Crippen LogP contribution is -2.50. The summed E-state index contributed by atoms with van der Waals surface area (Å²) in [6.45, 7) is 8.42. The summed E-state index contributed by atoms with van der Waals surface area (Å²) in [5.41, 5.74) is 4.34. The van der Waals surface area contributed by atoms with E-state index in [1.807, 2.05) is 25.1 Å². The number of aliphatic hydroxyl groups excluding tert-OH is 1. The minimum Gasteiger partial charge on any atom is -0.390 e. The highest BCUT2D eigenvalue weighted by Crippen LogP contribution is 2.28. The van der Waals surface area contributed by atoms with Crippen molar-refractivity contribution in [3.8, 4) is 0 Å². The first kappa shape index (κ1) is 28.9. The zero-order valence-electron chi connectivity index (χ0n) is 22.6. The summed E-state index contributed by atoms with van der Waals surface area (Å²) in [5, 5.41) is 14.5. The van der Waals surface area contributed by atoms with Gasteiger partial charge in [-0.05, 0) is 42.7 Å². The van der Waals surface area contributed by atoms with Gasteiger partial charge in [0.25, 0.3) is 11.8 Å². The van der Waals surface area contributed by atoms with E-state index in [4.69, 9.17) is 0 Å². The third kappa shape index (κ3) is 6.05. The van der Waals surface area contributed by atoms with Crippen LogP contribution in [0.4, 0.5) is 5.69 Å². The monoisotopic (exact) mass is 555 g/mol. The van der Waals surface area contributed by atoms with Crippen LogP contribution in [0.3, 0.4) is 0 Å². The second-order valence-corrected chi connectivity index (χ2v) is 10.4. The maximum Gasteiger partial charge on any atom is 0.256 e. The predicted octanol–water partition coefficient (Wildman–Crippen LogP) is 1.77. The maximum absolute atomic E-state index is 13.6. The van der Waals surface area contributed by atoms with E-state index in [1.54, 1.807) is 33.8 Å². The third-order valence-corrected chi connectivity index (χ3v) is 8.12. The average Bonchev–Trinajstić information content (AvgIpc) is 3.08. The van der Waals surface area contributed by atoms with Crippen LogP contribution < -0.4 is 10.2 Å². The molecule has 39 heavy (non-hydrogen) atoms. The van der Waals surface area contributed by atoms with Gasteiger partial charge < -0.3 is 30.0 Å². The van der Waals surface area contributed by atoms with Crippen LogP contribution in [0.2, 0.25) is 0 Å². The van der Waals surface area contributed by atoms with Crippen molar-refractivity contribution in [3.63, 3.8) is 0 Å². The van der Waals surface area contributed by atoms with E-state index in [0.29, 0.717) is 63.5 Å². The number of piperazine rings is 1. The molecule has 3 aliphatic heterocycles. The van der Waals surface area contributed by atoms with Gasteiger partial charge in [0, 0.05) is 77.4 Å². The van der Waals surface area contributed by atoms with Crippen LogP contribution in [0.15, 0.2) is 42.5 Å². The van der Waals surface area contributed by atoms with Crippen LogP contribution in [0.1, 0.15) is 45.7 Å². The molecule has 0 spiro atoms. The number of β-amino-alcohol motifs (C(OH)–C–C–N with tert-alkyl or cyclic N) is 1. The van der Waals surface area contributed by atoms with E-state index >= 15 is 0 Å². The molecule has 0 bridgehead atoms. The summed E-state index contributed by atoms with van der Waals surface area (Å²) >= 11 is 0. The first-order valence-corrected chi connectivity index (χ1v) is 13.6.